The summed E-state index contributed by atoms with van der Waals surface area (Å²) >= 11 is 7.46. The van der Waals surface area contributed by atoms with Crippen molar-refractivity contribution in [2.75, 3.05) is 6.26 Å². The monoisotopic (exact) mass is 211 g/mol. The Hall–Kier alpha value is -0.870. The van der Waals surface area contributed by atoms with E-state index in [1.807, 2.05) is 12.3 Å². The van der Waals surface area contributed by atoms with Crippen LogP contribution in [0.3, 0.4) is 0 Å². The molecule has 13 heavy (non-hydrogen) atoms. The van der Waals surface area contributed by atoms with Gasteiger partial charge in [0.1, 0.15) is 11.8 Å². The zero-order valence-electron chi connectivity index (χ0n) is 6.86. The SMILES string of the molecule is CSc1cnc2c(Cl)ncnc2c1. The molecule has 0 spiro atoms. The highest BCUT2D eigenvalue weighted by atomic mass is 35.5. The molecule has 0 N–H and O–H groups in total. The van der Waals surface area contributed by atoms with E-state index >= 15 is 0 Å². The third-order valence-electron chi connectivity index (χ3n) is 1.64. The van der Waals surface area contributed by atoms with Gasteiger partial charge in [-0.1, -0.05) is 11.6 Å². The Balaban J connectivity index is 2.72. The molecule has 2 aromatic rings. The summed E-state index contributed by atoms with van der Waals surface area (Å²) in [6, 6.07) is 1.94. The van der Waals surface area contributed by atoms with Crippen LogP contribution in [0.15, 0.2) is 23.5 Å². The van der Waals surface area contributed by atoms with Gasteiger partial charge in [0.15, 0.2) is 5.15 Å². The summed E-state index contributed by atoms with van der Waals surface area (Å²) in [5.41, 5.74) is 1.44. The molecule has 0 atom stereocenters. The van der Waals surface area contributed by atoms with Gasteiger partial charge in [0.05, 0.1) is 5.52 Å². The van der Waals surface area contributed by atoms with Gasteiger partial charge in [0, 0.05) is 11.1 Å². The first kappa shape index (κ1) is 8.72. The van der Waals surface area contributed by atoms with E-state index in [0.717, 1.165) is 10.4 Å². The quantitative estimate of drug-likeness (QED) is 0.536. The van der Waals surface area contributed by atoms with E-state index in [-0.39, 0.29) is 0 Å². The van der Waals surface area contributed by atoms with Gasteiger partial charge in [-0.25, -0.2) is 9.97 Å². The Labute approximate surface area is 84.6 Å². The first-order valence-corrected chi connectivity index (χ1v) is 5.22. The fourth-order valence-electron chi connectivity index (χ4n) is 1.01. The molecule has 0 unspecified atom stereocenters. The first-order valence-electron chi connectivity index (χ1n) is 3.61. The van der Waals surface area contributed by atoms with Crippen molar-refractivity contribution in [2.45, 2.75) is 4.90 Å². The van der Waals surface area contributed by atoms with Gasteiger partial charge in [0.2, 0.25) is 0 Å². The molecule has 0 saturated carbocycles. The van der Waals surface area contributed by atoms with Crippen LogP contribution >= 0.6 is 23.4 Å². The summed E-state index contributed by atoms with van der Waals surface area (Å²) in [5, 5.41) is 0.401. The molecule has 3 nitrogen and oxygen atoms in total. The van der Waals surface area contributed by atoms with E-state index in [4.69, 9.17) is 11.6 Å². The summed E-state index contributed by atoms with van der Waals surface area (Å²) < 4.78 is 0. The van der Waals surface area contributed by atoms with Crippen LogP contribution in [-0.4, -0.2) is 21.2 Å². The topological polar surface area (TPSA) is 38.7 Å². The van der Waals surface area contributed by atoms with Crippen molar-refractivity contribution in [2.24, 2.45) is 0 Å². The van der Waals surface area contributed by atoms with Crippen molar-refractivity contribution in [1.82, 2.24) is 15.0 Å². The van der Waals surface area contributed by atoms with Crippen LogP contribution in [0.5, 0.6) is 0 Å². The number of rotatable bonds is 1. The fourth-order valence-corrected chi connectivity index (χ4v) is 1.58. The highest BCUT2D eigenvalue weighted by Gasteiger charge is 2.02. The van der Waals surface area contributed by atoms with Gasteiger partial charge in [-0.05, 0) is 12.3 Å². The van der Waals surface area contributed by atoms with E-state index in [1.165, 1.54) is 6.33 Å². The fraction of sp³-hybridized carbons (Fsp3) is 0.125. The highest BCUT2D eigenvalue weighted by molar-refractivity contribution is 7.98. The summed E-state index contributed by atoms with van der Waals surface area (Å²) in [6.07, 6.45) is 5.20. The van der Waals surface area contributed by atoms with Crippen molar-refractivity contribution in [1.29, 1.82) is 0 Å². The van der Waals surface area contributed by atoms with E-state index in [0.29, 0.717) is 10.7 Å². The number of halogens is 1. The second kappa shape index (κ2) is 3.47. The first-order chi connectivity index (χ1) is 6.31. The Kier molecular flexibility index (Phi) is 2.33. The lowest BCUT2D eigenvalue weighted by atomic mass is 10.4. The maximum Gasteiger partial charge on any atom is 0.158 e. The maximum atomic E-state index is 5.83. The van der Waals surface area contributed by atoms with E-state index in [9.17, 15) is 0 Å². The molecule has 0 aliphatic heterocycles. The van der Waals surface area contributed by atoms with Gasteiger partial charge in [-0.2, -0.15) is 0 Å². The highest BCUT2D eigenvalue weighted by Crippen LogP contribution is 2.21. The van der Waals surface area contributed by atoms with Crippen molar-refractivity contribution in [3.63, 3.8) is 0 Å². The molecule has 0 amide bonds. The van der Waals surface area contributed by atoms with Crippen LogP contribution in [-0.2, 0) is 0 Å². The van der Waals surface area contributed by atoms with E-state index in [2.05, 4.69) is 15.0 Å². The second-order valence-electron chi connectivity index (χ2n) is 2.41. The van der Waals surface area contributed by atoms with E-state index < -0.39 is 0 Å². The average molecular weight is 212 g/mol. The third kappa shape index (κ3) is 1.59. The molecule has 0 aliphatic carbocycles. The molecule has 2 rings (SSSR count). The van der Waals surface area contributed by atoms with Crippen molar-refractivity contribution >= 4 is 34.4 Å². The predicted molar refractivity (Wildman–Crippen MR) is 54.1 cm³/mol. The van der Waals surface area contributed by atoms with Crippen LogP contribution in [0.25, 0.3) is 11.0 Å². The number of hydrogen-bond donors (Lipinski definition) is 0. The molecular weight excluding hydrogens is 206 g/mol. The van der Waals surface area contributed by atoms with Crippen LogP contribution in [0.1, 0.15) is 0 Å². The Morgan fingerprint density at radius 1 is 1.31 bits per heavy atom. The Bertz CT molecular complexity index is 446. The number of hydrogen-bond acceptors (Lipinski definition) is 4. The molecule has 0 fully saturated rings. The molecule has 2 heterocycles. The molecule has 66 valence electrons. The Morgan fingerprint density at radius 3 is 2.92 bits per heavy atom. The molecule has 2 aromatic heterocycles. The molecule has 0 saturated heterocycles. The van der Waals surface area contributed by atoms with Crippen LogP contribution < -0.4 is 0 Å². The minimum absolute atomic E-state index is 0.401. The number of pyridine rings is 1. The van der Waals surface area contributed by atoms with Gasteiger partial charge in [-0.15, -0.1) is 11.8 Å². The average Bonchev–Trinajstić information content (AvgIpc) is 2.18. The smallest absolute Gasteiger partial charge is 0.158 e. The molecule has 0 bridgehead atoms. The molecule has 0 aliphatic rings. The largest absolute Gasteiger partial charge is 0.250 e. The molecule has 5 heteroatoms. The summed E-state index contributed by atoms with van der Waals surface area (Å²) in [5.74, 6) is 0. The number of aromatic nitrogens is 3. The Morgan fingerprint density at radius 2 is 2.15 bits per heavy atom. The zero-order chi connectivity index (χ0) is 9.26. The van der Waals surface area contributed by atoms with Crippen LogP contribution in [0.2, 0.25) is 5.15 Å². The summed E-state index contributed by atoms with van der Waals surface area (Å²) in [6.45, 7) is 0. The molecule has 0 radical (unpaired) electrons. The van der Waals surface area contributed by atoms with E-state index in [1.54, 1.807) is 18.0 Å². The number of thioether (sulfide) groups is 1. The number of nitrogens with zero attached hydrogens (tertiary/aromatic N) is 3. The van der Waals surface area contributed by atoms with Crippen LogP contribution in [0, 0.1) is 0 Å². The lowest BCUT2D eigenvalue weighted by molar-refractivity contribution is 1.18. The number of fused-ring (bicyclic) bond motifs is 1. The van der Waals surface area contributed by atoms with Gasteiger partial charge >= 0.3 is 0 Å². The second-order valence-corrected chi connectivity index (χ2v) is 3.65. The van der Waals surface area contributed by atoms with Crippen molar-refractivity contribution in [3.8, 4) is 0 Å². The van der Waals surface area contributed by atoms with Crippen molar-refractivity contribution in [3.05, 3.63) is 23.7 Å². The summed E-state index contributed by atoms with van der Waals surface area (Å²) in [4.78, 5) is 13.2. The van der Waals surface area contributed by atoms with Gasteiger partial charge in [-0.3, -0.25) is 4.98 Å². The lowest BCUT2D eigenvalue weighted by Crippen LogP contribution is -1.87. The zero-order valence-corrected chi connectivity index (χ0v) is 8.43. The van der Waals surface area contributed by atoms with Gasteiger partial charge in [0.25, 0.3) is 0 Å². The van der Waals surface area contributed by atoms with Crippen LogP contribution in [0.4, 0.5) is 0 Å². The van der Waals surface area contributed by atoms with Crippen molar-refractivity contribution < 1.29 is 0 Å². The normalized spacial score (nSPS) is 10.6. The van der Waals surface area contributed by atoms with Gasteiger partial charge < -0.3 is 0 Å². The standard InChI is InChI=1S/C8H6ClN3S/c1-13-5-2-6-7(10-3-5)8(9)12-4-11-6/h2-4H,1H3. The molecule has 0 aromatic carbocycles. The minimum Gasteiger partial charge on any atom is -0.250 e. The predicted octanol–water partition coefficient (Wildman–Crippen LogP) is 2.40. The maximum absolute atomic E-state index is 5.83. The minimum atomic E-state index is 0.401. The molecular formula is C8H6ClN3S. The lowest BCUT2D eigenvalue weighted by Gasteiger charge is -1.99. The summed E-state index contributed by atoms with van der Waals surface area (Å²) in [7, 11) is 0. The third-order valence-corrected chi connectivity index (χ3v) is 2.61.